The van der Waals surface area contributed by atoms with Gasteiger partial charge in [0.15, 0.2) is 0 Å². The number of phenolic OH excluding ortho intramolecular Hbond substituents is 1. The number of aromatic hydroxyl groups is 1. The van der Waals surface area contributed by atoms with Crippen LogP contribution in [0.3, 0.4) is 0 Å². The second-order valence-electron chi connectivity index (χ2n) is 3.77. The average molecular weight is 234 g/mol. The Morgan fingerprint density at radius 2 is 1.81 bits per heavy atom. The molecule has 16 heavy (non-hydrogen) atoms. The van der Waals surface area contributed by atoms with E-state index in [4.69, 9.17) is 4.74 Å². The van der Waals surface area contributed by atoms with Gasteiger partial charge in [0, 0.05) is 5.56 Å². The molecule has 0 aliphatic carbocycles. The average Bonchev–Trinajstić information content (AvgIpc) is 2.14. The third-order valence-electron chi connectivity index (χ3n) is 2.23. The second-order valence-corrected chi connectivity index (χ2v) is 3.77. The number of alkyl halides is 3. The van der Waals surface area contributed by atoms with Gasteiger partial charge in [0.2, 0.25) is 0 Å². The van der Waals surface area contributed by atoms with E-state index in [2.05, 4.69) is 0 Å². The first-order valence-electron chi connectivity index (χ1n) is 4.75. The van der Waals surface area contributed by atoms with Crippen LogP contribution in [0.1, 0.15) is 30.9 Å². The number of hydrogen-bond acceptors (Lipinski definition) is 2. The van der Waals surface area contributed by atoms with Gasteiger partial charge in [0.05, 0.1) is 7.11 Å². The van der Waals surface area contributed by atoms with Gasteiger partial charge in [0.25, 0.3) is 0 Å². The number of methoxy groups -OCH3 is 1. The summed E-state index contributed by atoms with van der Waals surface area (Å²) in [6, 6.07) is 1.96. The molecule has 1 aromatic carbocycles. The summed E-state index contributed by atoms with van der Waals surface area (Å²) in [6.45, 7) is 3.47. The highest BCUT2D eigenvalue weighted by Gasteiger charge is 2.36. The van der Waals surface area contributed by atoms with Gasteiger partial charge in [-0.1, -0.05) is 13.8 Å². The Morgan fingerprint density at radius 3 is 2.19 bits per heavy atom. The predicted molar refractivity (Wildman–Crippen MR) is 53.7 cm³/mol. The Bertz CT molecular complexity index is 384. The fraction of sp³-hybridized carbons (Fsp3) is 0.455. The first-order valence-corrected chi connectivity index (χ1v) is 4.75. The highest BCUT2D eigenvalue weighted by atomic mass is 19.4. The molecular formula is C11H13F3O2. The Kier molecular flexibility index (Phi) is 3.35. The lowest BCUT2D eigenvalue weighted by Crippen LogP contribution is -2.09. The molecule has 0 saturated carbocycles. The van der Waals surface area contributed by atoms with E-state index in [0.717, 1.165) is 0 Å². The summed E-state index contributed by atoms with van der Waals surface area (Å²) in [5.74, 6) is -0.791. The highest BCUT2D eigenvalue weighted by Crippen LogP contribution is 2.42. The summed E-state index contributed by atoms with van der Waals surface area (Å²) in [4.78, 5) is 0. The van der Waals surface area contributed by atoms with E-state index in [1.165, 1.54) is 13.2 Å². The monoisotopic (exact) mass is 234 g/mol. The third-order valence-corrected chi connectivity index (χ3v) is 2.23. The molecule has 0 heterocycles. The molecule has 1 rings (SSSR count). The smallest absolute Gasteiger partial charge is 0.420 e. The summed E-state index contributed by atoms with van der Waals surface area (Å²) in [6.07, 6.45) is -4.53. The first kappa shape index (κ1) is 12.7. The number of hydrogen-bond donors (Lipinski definition) is 1. The van der Waals surface area contributed by atoms with Crippen LogP contribution >= 0.6 is 0 Å². The lowest BCUT2D eigenvalue weighted by Gasteiger charge is -2.18. The van der Waals surface area contributed by atoms with Crippen molar-refractivity contribution in [2.24, 2.45) is 0 Å². The van der Waals surface area contributed by atoms with Crippen molar-refractivity contribution in [2.45, 2.75) is 25.9 Å². The summed E-state index contributed by atoms with van der Waals surface area (Å²) in [5, 5.41) is 9.27. The van der Waals surface area contributed by atoms with Crippen molar-refractivity contribution >= 4 is 0 Å². The normalized spacial score (nSPS) is 11.9. The molecule has 1 aromatic rings. The molecule has 0 aliphatic rings. The Labute approximate surface area is 91.7 Å². The zero-order valence-electron chi connectivity index (χ0n) is 9.22. The van der Waals surface area contributed by atoms with Crippen LogP contribution in [0.2, 0.25) is 0 Å². The first-order chi connectivity index (χ1) is 7.27. The number of rotatable bonds is 2. The van der Waals surface area contributed by atoms with Crippen LogP contribution in [-0.4, -0.2) is 12.2 Å². The Hall–Kier alpha value is -1.39. The fourth-order valence-corrected chi connectivity index (χ4v) is 1.50. The van der Waals surface area contributed by atoms with Gasteiger partial charge in [-0.25, -0.2) is 0 Å². The molecule has 0 bridgehead atoms. The van der Waals surface area contributed by atoms with Crippen LogP contribution in [0, 0.1) is 0 Å². The van der Waals surface area contributed by atoms with Gasteiger partial charge in [0.1, 0.15) is 17.1 Å². The second kappa shape index (κ2) is 4.23. The van der Waals surface area contributed by atoms with Gasteiger partial charge < -0.3 is 9.84 Å². The minimum absolute atomic E-state index is 0.164. The molecule has 0 radical (unpaired) electrons. The topological polar surface area (TPSA) is 29.5 Å². The van der Waals surface area contributed by atoms with E-state index in [0.29, 0.717) is 11.6 Å². The quantitative estimate of drug-likeness (QED) is 0.848. The minimum atomic E-state index is -4.53. The van der Waals surface area contributed by atoms with Crippen LogP contribution in [0.5, 0.6) is 11.5 Å². The molecule has 90 valence electrons. The number of phenols is 1. The van der Waals surface area contributed by atoms with Crippen molar-refractivity contribution in [3.8, 4) is 11.5 Å². The highest BCUT2D eigenvalue weighted by molar-refractivity contribution is 5.49. The molecule has 5 heteroatoms. The van der Waals surface area contributed by atoms with Crippen molar-refractivity contribution in [3.63, 3.8) is 0 Å². The van der Waals surface area contributed by atoms with Gasteiger partial charge >= 0.3 is 6.18 Å². The standard InChI is InChI=1S/C11H13F3O2/c1-6(2)8-4-7(15)5-9(10(8)16-3)11(12,13)14/h4-6,15H,1-3H3. The van der Waals surface area contributed by atoms with Gasteiger partial charge in [-0.3, -0.25) is 0 Å². The van der Waals surface area contributed by atoms with E-state index >= 15 is 0 Å². The summed E-state index contributed by atoms with van der Waals surface area (Å²) in [5.41, 5.74) is -0.603. The minimum Gasteiger partial charge on any atom is -0.508 e. The van der Waals surface area contributed by atoms with Crippen molar-refractivity contribution in [1.82, 2.24) is 0 Å². The molecule has 0 spiro atoms. The largest absolute Gasteiger partial charge is 0.508 e. The van der Waals surface area contributed by atoms with Gasteiger partial charge in [-0.2, -0.15) is 13.2 Å². The molecule has 1 N–H and O–H groups in total. The molecule has 0 aromatic heterocycles. The number of benzene rings is 1. The SMILES string of the molecule is COc1c(C(C)C)cc(O)cc1C(F)(F)F. The summed E-state index contributed by atoms with van der Waals surface area (Å²) < 4.78 is 42.8. The Balaban J connectivity index is 3.49. The van der Waals surface area contributed by atoms with Crippen LogP contribution in [0.4, 0.5) is 13.2 Å². The Morgan fingerprint density at radius 1 is 1.25 bits per heavy atom. The lowest BCUT2D eigenvalue weighted by atomic mass is 9.98. The predicted octanol–water partition coefficient (Wildman–Crippen LogP) is 3.54. The van der Waals surface area contributed by atoms with Gasteiger partial charge in [-0.05, 0) is 18.1 Å². The van der Waals surface area contributed by atoms with Crippen molar-refractivity contribution in [1.29, 1.82) is 0 Å². The molecule has 0 atom stereocenters. The van der Waals surface area contributed by atoms with E-state index < -0.39 is 17.5 Å². The third kappa shape index (κ3) is 2.40. The molecule has 0 fully saturated rings. The van der Waals surface area contributed by atoms with Crippen molar-refractivity contribution < 1.29 is 23.0 Å². The fourth-order valence-electron chi connectivity index (χ4n) is 1.50. The number of halogens is 3. The molecule has 0 aliphatic heterocycles. The maximum Gasteiger partial charge on any atom is 0.420 e. The molecule has 0 amide bonds. The molecule has 2 nitrogen and oxygen atoms in total. The van der Waals surface area contributed by atoms with E-state index in [1.54, 1.807) is 13.8 Å². The lowest BCUT2D eigenvalue weighted by molar-refractivity contribution is -0.138. The van der Waals surface area contributed by atoms with E-state index in [1.807, 2.05) is 0 Å². The van der Waals surface area contributed by atoms with Crippen LogP contribution in [-0.2, 0) is 6.18 Å². The van der Waals surface area contributed by atoms with Crippen molar-refractivity contribution in [2.75, 3.05) is 7.11 Å². The van der Waals surface area contributed by atoms with Crippen molar-refractivity contribution in [3.05, 3.63) is 23.3 Å². The zero-order valence-corrected chi connectivity index (χ0v) is 9.22. The van der Waals surface area contributed by atoms with Crippen LogP contribution in [0.15, 0.2) is 12.1 Å². The van der Waals surface area contributed by atoms with Gasteiger partial charge in [-0.15, -0.1) is 0 Å². The summed E-state index contributed by atoms with van der Waals surface area (Å²) >= 11 is 0. The van der Waals surface area contributed by atoms with E-state index in [-0.39, 0.29) is 11.7 Å². The molecule has 0 saturated heterocycles. The van der Waals surface area contributed by atoms with E-state index in [9.17, 15) is 18.3 Å². The molecule has 0 unspecified atom stereocenters. The number of ether oxygens (including phenoxy) is 1. The van der Waals surface area contributed by atoms with Crippen LogP contribution < -0.4 is 4.74 Å². The maximum absolute atomic E-state index is 12.7. The summed E-state index contributed by atoms with van der Waals surface area (Å²) in [7, 11) is 1.19. The molecular weight excluding hydrogens is 221 g/mol. The maximum atomic E-state index is 12.7. The van der Waals surface area contributed by atoms with Crippen LogP contribution in [0.25, 0.3) is 0 Å². The zero-order chi connectivity index (χ0) is 12.5.